The van der Waals surface area contributed by atoms with Crippen molar-refractivity contribution in [2.75, 3.05) is 42.5 Å². The van der Waals surface area contributed by atoms with Crippen LogP contribution in [0.2, 0.25) is 0 Å². The number of nitrogens with zero attached hydrogens (tertiary/aromatic N) is 8. The van der Waals surface area contributed by atoms with Gasteiger partial charge in [0.2, 0.25) is 11.9 Å². The number of aromatic nitrogens is 4. The molecule has 2 spiro atoms. The molecule has 2 aromatic carbocycles. The topological polar surface area (TPSA) is 303 Å². The average molecular weight is 1200 g/mol. The number of aromatic carboxylic acids is 1. The number of carbonyl (C=O) groups excluding carboxylic acids is 4. The minimum Gasteiger partial charge on any atom is -0.477 e. The van der Waals surface area contributed by atoms with Gasteiger partial charge in [0.15, 0.2) is 0 Å². The second-order valence-electron chi connectivity index (χ2n) is 22.2. The third-order valence-corrected chi connectivity index (χ3v) is 17.0. The number of nitrogens with one attached hydrogen (secondary N) is 2. The van der Waals surface area contributed by atoms with Gasteiger partial charge < -0.3 is 39.2 Å². The zero-order valence-electron chi connectivity index (χ0n) is 44.8. The Morgan fingerprint density at radius 3 is 1.38 bits per heavy atom. The second kappa shape index (κ2) is 23.0. The summed E-state index contributed by atoms with van der Waals surface area (Å²) < 4.78 is 15.3. The summed E-state index contributed by atoms with van der Waals surface area (Å²) in [5.74, 6) is -0.794. The van der Waals surface area contributed by atoms with Gasteiger partial charge >= 0.3 is 28.2 Å². The molecule has 4 aliphatic rings. The molecule has 7 heterocycles. The van der Waals surface area contributed by atoms with Crippen LogP contribution in [0.3, 0.4) is 0 Å². The number of carbonyl (C=O) groups is 5. The number of nitrogens with two attached hydrogens (primary N) is 1. The molecular formula is C53H59N11O12S3Zn. The third-order valence-electron chi connectivity index (χ3n) is 14.1. The number of nitrogen functional groups attached to an aromatic ring is 1. The second-order valence-corrected chi connectivity index (χ2v) is 25.5. The molecular weight excluding hydrogens is 1140 g/mol. The van der Waals surface area contributed by atoms with Crippen molar-refractivity contribution in [3.05, 3.63) is 120 Å². The Labute approximate surface area is 483 Å². The van der Waals surface area contributed by atoms with Crippen LogP contribution in [0.1, 0.15) is 121 Å². The third kappa shape index (κ3) is 13.1. The first-order valence-corrected chi connectivity index (χ1v) is 27.8. The molecule has 7 aromatic rings. The van der Waals surface area contributed by atoms with Crippen molar-refractivity contribution < 1.29 is 67.9 Å². The molecule has 2 aliphatic carbocycles. The minimum absolute atomic E-state index is 0. The Balaban J connectivity index is 0.000000175. The van der Waals surface area contributed by atoms with Crippen molar-refractivity contribution in [1.82, 2.24) is 28.9 Å². The number of nitro groups is 2. The molecule has 5 N–H and O–H groups in total. The maximum atomic E-state index is 12.9. The fraction of sp³-hybridized carbons (Fsp3) is 0.415. The van der Waals surface area contributed by atoms with Crippen LogP contribution in [0.25, 0.3) is 22.1 Å². The number of rotatable bonds is 9. The number of carboxylic acid groups (broad SMARTS) is 1. The molecule has 418 valence electrons. The first-order chi connectivity index (χ1) is 37.3. The van der Waals surface area contributed by atoms with Crippen LogP contribution in [-0.4, -0.2) is 111 Å². The van der Waals surface area contributed by atoms with Gasteiger partial charge in [0.25, 0.3) is 11.8 Å². The molecule has 4 fully saturated rings. The maximum Gasteiger partial charge on any atom is 0.410 e. The van der Waals surface area contributed by atoms with Gasteiger partial charge in [-0.1, -0.05) is 46.9 Å². The van der Waals surface area contributed by atoms with Crippen LogP contribution in [0.5, 0.6) is 0 Å². The first kappa shape index (κ1) is 58.8. The van der Waals surface area contributed by atoms with Crippen LogP contribution >= 0.6 is 34.0 Å². The van der Waals surface area contributed by atoms with E-state index in [1.807, 2.05) is 95.0 Å². The number of fused-ring (bicyclic) bond motifs is 2. The molecule has 0 bridgehead atoms. The van der Waals surface area contributed by atoms with Gasteiger partial charge in [-0.25, -0.2) is 24.4 Å². The quantitative estimate of drug-likeness (QED) is 0.0593. The van der Waals surface area contributed by atoms with Crippen LogP contribution in [-0.2, 0) is 29.0 Å². The zero-order valence-corrected chi connectivity index (χ0v) is 50.3. The summed E-state index contributed by atoms with van der Waals surface area (Å²) >= 11 is 2.74. The summed E-state index contributed by atoms with van der Waals surface area (Å²) in [5.41, 5.74) is 8.43. The maximum absolute atomic E-state index is 12.9. The molecule has 0 atom stereocenters. The van der Waals surface area contributed by atoms with Crippen molar-refractivity contribution in [2.45, 2.75) is 103 Å². The number of anilines is 3. The van der Waals surface area contributed by atoms with Gasteiger partial charge in [-0.15, -0.1) is 11.3 Å². The van der Waals surface area contributed by atoms with E-state index in [9.17, 15) is 44.2 Å². The molecule has 0 unspecified atom stereocenters. The number of para-hydroxylation sites is 4. The van der Waals surface area contributed by atoms with E-state index in [1.165, 1.54) is 35.6 Å². The number of hydrogen-bond acceptors (Lipinski definition) is 17. The number of ether oxygens (including phenoxy) is 2. The van der Waals surface area contributed by atoms with Crippen molar-refractivity contribution in [1.29, 1.82) is 0 Å². The monoisotopic (exact) mass is 1200 g/mol. The largest absolute Gasteiger partial charge is 0.477 e. The number of carboxylic acids is 1. The SMILES string of the molecule is CC(C)(C)OC(=O)N1CCC2(CC(n3c(NC(=O)c4ccc(N)s4)nc4ccccc43)C2)C1.CC(C)(C)OC(=O)N1CCC2(CC(n3c(NC(=O)c4ccc([N+](=O)[O-])s4)nc4ccccc43)C2)C1.O=C(O)c1ccc([N+](=O)[O-])s1.[Zn]. The van der Waals surface area contributed by atoms with Crippen LogP contribution in [0.4, 0.5) is 36.5 Å². The van der Waals surface area contributed by atoms with Gasteiger partial charge in [0.05, 0.1) is 46.7 Å². The molecule has 27 heteroatoms. The predicted octanol–water partition coefficient (Wildman–Crippen LogP) is 11.5. The summed E-state index contributed by atoms with van der Waals surface area (Å²) in [6.07, 6.45) is 4.95. The molecule has 2 aliphatic heterocycles. The molecule has 4 amide bonds. The van der Waals surface area contributed by atoms with Crippen molar-refractivity contribution in [3.8, 4) is 0 Å². The van der Waals surface area contributed by atoms with Crippen LogP contribution < -0.4 is 16.4 Å². The first-order valence-electron chi connectivity index (χ1n) is 25.4. The molecule has 2 saturated heterocycles. The number of hydrogen-bond donors (Lipinski definition) is 4. The standard InChI is InChI=1S/C24H27N5O5S.C24H29N5O3S.C5H3NO4S.Zn/c1-23(2,3)34-22(31)27-11-10-24(14-27)12-15(13-24)28-17-7-5-4-6-16(17)25-21(28)26-20(30)18-8-9-19(35-18)29(32)33;1-23(2,3)32-22(31)28-11-10-24(14-28)12-15(13-24)29-17-7-5-4-6-16(17)26-21(29)27-20(30)18-8-9-19(25)33-18;7-5(8)3-1-2-4(11-3)6(9)10;/h4-9,15H,10-14H2,1-3H3,(H,25,26,30);4-9,15H,10-14,25H2,1-3H3,(H,26,27,30);1-2H,(H,7,8);. The number of likely N-dealkylation sites (tertiary alicyclic amines) is 2. The van der Waals surface area contributed by atoms with Gasteiger partial charge in [-0.3, -0.25) is 40.5 Å². The minimum atomic E-state index is -1.14. The molecule has 0 radical (unpaired) electrons. The molecule has 80 heavy (non-hydrogen) atoms. The Morgan fingerprint density at radius 2 is 1.01 bits per heavy atom. The average Bonchev–Trinajstić information content (AvgIpc) is 4.39. The van der Waals surface area contributed by atoms with E-state index in [4.69, 9.17) is 25.3 Å². The van der Waals surface area contributed by atoms with E-state index >= 15 is 0 Å². The predicted molar refractivity (Wildman–Crippen MR) is 299 cm³/mol. The Morgan fingerprint density at radius 1 is 0.625 bits per heavy atom. The Hall–Kier alpha value is -7.35. The van der Waals surface area contributed by atoms with Crippen molar-refractivity contribution in [3.63, 3.8) is 0 Å². The van der Waals surface area contributed by atoms with Crippen LogP contribution in [0.15, 0.2) is 84.9 Å². The molecule has 2 saturated carbocycles. The normalized spacial score (nSPS) is 20.1. The summed E-state index contributed by atoms with van der Waals surface area (Å²) in [5, 5.41) is 35.6. The van der Waals surface area contributed by atoms with Gasteiger partial charge in [0, 0.05) is 69.9 Å². The van der Waals surface area contributed by atoms with Gasteiger partial charge in [-0.05, 0) is 139 Å². The smallest absolute Gasteiger partial charge is 0.410 e. The van der Waals surface area contributed by atoms with Crippen molar-refractivity contribution >= 4 is 113 Å². The molecule has 5 aromatic heterocycles. The molecule has 23 nitrogen and oxygen atoms in total. The Kier molecular flexibility index (Phi) is 16.9. The van der Waals surface area contributed by atoms with E-state index in [2.05, 4.69) is 24.8 Å². The Bertz CT molecular complexity index is 3480. The number of amides is 4. The van der Waals surface area contributed by atoms with Gasteiger partial charge in [0.1, 0.15) is 16.1 Å². The van der Waals surface area contributed by atoms with Crippen LogP contribution in [0, 0.1) is 31.1 Å². The summed E-state index contributed by atoms with van der Waals surface area (Å²) in [4.78, 5) is 94.6. The number of imidazole rings is 2. The summed E-state index contributed by atoms with van der Waals surface area (Å²) in [7, 11) is 0. The number of benzene rings is 2. The van der Waals surface area contributed by atoms with E-state index in [0.717, 1.165) is 78.5 Å². The van der Waals surface area contributed by atoms with E-state index in [1.54, 1.807) is 17.0 Å². The van der Waals surface area contributed by atoms with E-state index < -0.39 is 32.9 Å². The molecule has 11 rings (SSSR count). The number of thiophene rings is 3. The van der Waals surface area contributed by atoms with Crippen molar-refractivity contribution in [2.24, 2.45) is 10.8 Å². The fourth-order valence-electron chi connectivity index (χ4n) is 10.6. The fourth-order valence-corrected chi connectivity index (χ4v) is 12.7. The zero-order chi connectivity index (χ0) is 56.8. The summed E-state index contributed by atoms with van der Waals surface area (Å²) in [6.45, 7) is 14.0. The van der Waals surface area contributed by atoms with E-state index in [0.29, 0.717) is 52.7 Å². The van der Waals surface area contributed by atoms with Gasteiger partial charge in [-0.2, -0.15) is 0 Å². The van der Waals surface area contributed by atoms with E-state index in [-0.39, 0.29) is 80.2 Å². The summed E-state index contributed by atoms with van der Waals surface area (Å²) in [6, 6.07) is 24.6.